The molecule has 1 fully saturated rings. The van der Waals surface area contributed by atoms with Gasteiger partial charge in [-0.3, -0.25) is 10.2 Å². The molecule has 1 aliphatic rings. The maximum absolute atomic E-state index is 10.7. The van der Waals surface area contributed by atoms with Crippen molar-refractivity contribution in [3.05, 3.63) is 0 Å². The summed E-state index contributed by atoms with van der Waals surface area (Å²) in [5.41, 5.74) is 2.13. The van der Waals surface area contributed by atoms with Gasteiger partial charge in [0.2, 0.25) is 5.91 Å². The fourth-order valence-corrected chi connectivity index (χ4v) is 2.59. The molecule has 0 spiro atoms. The first-order valence-electron chi connectivity index (χ1n) is 4.40. The lowest BCUT2D eigenvalue weighted by Gasteiger charge is -2.06. The van der Waals surface area contributed by atoms with Crippen LogP contribution in [0.25, 0.3) is 0 Å². The molecule has 0 aromatic rings. The first-order chi connectivity index (χ1) is 5.83. The van der Waals surface area contributed by atoms with Gasteiger partial charge in [-0.25, -0.2) is 5.84 Å². The number of hydrogen-bond acceptors (Lipinski definition) is 3. The Morgan fingerprint density at radius 2 is 2.17 bits per heavy atom. The van der Waals surface area contributed by atoms with Crippen molar-refractivity contribution in [2.75, 3.05) is 11.5 Å². The molecule has 4 heteroatoms. The van der Waals surface area contributed by atoms with E-state index in [4.69, 9.17) is 5.84 Å². The van der Waals surface area contributed by atoms with Crippen molar-refractivity contribution >= 4 is 17.7 Å². The Kier molecular flexibility index (Phi) is 4.46. The zero-order chi connectivity index (χ0) is 8.81. The molecular formula is C8H16N2OS. The van der Waals surface area contributed by atoms with Gasteiger partial charge in [-0.2, -0.15) is 11.8 Å². The van der Waals surface area contributed by atoms with Crippen LogP contribution in [0.5, 0.6) is 0 Å². The Morgan fingerprint density at radius 1 is 1.50 bits per heavy atom. The smallest absolute Gasteiger partial charge is 0.243 e. The van der Waals surface area contributed by atoms with Gasteiger partial charge in [0.15, 0.2) is 0 Å². The summed E-state index contributed by atoms with van der Waals surface area (Å²) in [5, 5.41) is 0. The molecule has 12 heavy (non-hydrogen) atoms. The Balaban J connectivity index is 1.97. The molecule has 1 rings (SSSR count). The van der Waals surface area contributed by atoms with Gasteiger partial charge >= 0.3 is 0 Å². The molecule has 70 valence electrons. The summed E-state index contributed by atoms with van der Waals surface area (Å²) in [5.74, 6) is 7.36. The summed E-state index contributed by atoms with van der Waals surface area (Å²) < 4.78 is 0. The monoisotopic (exact) mass is 188 g/mol. The van der Waals surface area contributed by atoms with Crippen LogP contribution >= 0.6 is 11.8 Å². The van der Waals surface area contributed by atoms with E-state index < -0.39 is 0 Å². The number of hydrazine groups is 1. The normalized spacial score (nSPS) is 18.1. The Hall–Kier alpha value is -0.220. The van der Waals surface area contributed by atoms with Crippen molar-refractivity contribution in [1.29, 1.82) is 0 Å². The van der Waals surface area contributed by atoms with E-state index in [1.165, 1.54) is 25.7 Å². The average molecular weight is 188 g/mol. The minimum atomic E-state index is -0.0713. The Labute approximate surface area is 77.4 Å². The van der Waals surface area contributed by atoms with Gasteiger partial charge in [0.1, 0.15) is 0 Å². The van der Waals surface area contributed by atoms with Crippen molar-refractivity contribution < 1.29 is 4.79 Å². The fraction of sp³-hybridized carbons (Fsp3) is 0.875. The summed E-state index contributed by atoms with van der Waals surface area (Å²) in [7, 11) is 0. The maximum atomic E-state index is 10.7. The number of amides is 1. The van der Waals surface area contributed by atoms with E-state index in [9.17, 15) is 4.79 Å². The average Bonchev–Trinajstić information content (AvgIpc) is 2.57. The number of carbonyl (C=O) groups is 1. The van der Waals surface area contributed by atoms with E-state index in [2.05, 4.69) is 5.43 Å². The third kappa shape index (κ3) is 3.45. The number of hydrogen-bond donors (Lipinski definition) is 2. The summed E-state index contributed by atoms with van der Waals surface area (Å²) >= 11 is 1.69. The number of nitrogens with two attached hydrogens (primary N) is 1. The number of nitrogens with one attached hydrogen (secondary N) is 1. The Morgan fingerprint density at radius 3 is 2.75 bits per heavy atom. The molecule has 0 aliphatic heterocycles. The second kappa shape index (κ2) is 5.43. The van der Waals surface area contributed by atoms with E-state index in [1.54, 1.807) is 11.8 Å². The van der Waals surface area contributed by atoms with Crippen molar-refractivity contribution in [2.45, 2.75) is 25.7 Å². The van der Waals surface area contributed by atoms with E-state index >= 15 is 0 Å². The van der Waals surface area contributed by atoms with Gasteiger partial charge in [0, 0.05) is 0 Å². The number of rotatable bonds is 4. The van der Waals surface area contributed by atoms with Gasteiger partial charge in [-0.1, -0.05) is 12.8 Å². The molecule has 0 radical (unpaired) electrons. The SMILES string of the molecule is NNC(=O)CSCC1CCCC1. The van der Waals surface area contributed by atoms with Gasteiger partial charge in [0.25, 0.3) is 0 Å². The topological polar surface area (TPSA) is 55.1 Å². The van der Waals surface area contributed by atoms with Crippen molar-refractivity contribution in [2.24, 2.45) is 11.8 Å². The molecule has 3 N–H and O–H groups in total. The van der Waals surface area contributed by atoms with Gasteiger partial charge in [0.05, 0.1) is 5.75 Å². The minimum absolute atomic E-state index is 0.0713. The molecule has 0 unspecified atom stereocenters. The van der Waals surface area contributed by atoms with E-state index in [0.29, 0.717) is 5.75 Å². The van der Waals surface area contributed by atoms with Gasteiger partial charge in [-0.05, 0) is 24.5 Å². The third-order valence-corrected chi connectivity index (χ3v) is 3.40. The predicted molar refractivity (Wildman–Crippen MR) is 51.6 cm³/mol. The second-order valence-corrected chi connectivity index (χ2v) is 4.26. The molecule has 0 aromatic heterocycles. The highest BCUT2D eigenvalue weighted by molar-refractivity contribution is 7.99. The van der Waals surface area contributed by atoms with Crippen molar-refractivity contribution in [3.63, 3.8) is 0 Å². The van der Waals surface area contributed by atoms with Gasteiger partial charge in [-0.15, -0.1) is 0 Å². The highest BCUT2D eigenvalue weighted by Crippen LogP contribution is 2.27. The first-order valence-corrected chi connectivity index (χ1v) is 5.55. The van der Waals surface area contributed by atoms with E-state index in [1.807, 2.05) is 0 Å². The molecule has 1 aliphatic carbocycles. The van der Waals surface area contributed by atoms with Crippen LogP contribution in [0.3, 0.4) is 0 Å². The van der Waals surface area contributed by atoms with Crippen LogP contribution in [0.2, 0.25) is 0 Å². The summed E-state index contributed by atoms with van der Waals surface area (Å²) in [6, 6.07) is 0. The summed E-state index contributed by atoms with van der Waals surface area (Å²) in [6.45, 7) is 0. The minimum Gasteiger partial charge on any atom is -0.294 e. The molecule has 0 bridgehead atoms. The number of thioether (sulfide) groups is 1. The molecule has 0 saturated heterocycles. The first kappa shape index (κ1) is 9.86. The van der Waals surface area contributed by atoms with Crippen molar-refractivity contribution in [1.82, 2.24) is 5.43 Å². The van der Waals surface area contributed by atoms with Crippen LogP contribution < -0.4 is 11.3 Å². The molecule has 1 amide bonds. The second-order valence-electron chi connectivity index (χ2n) is 3.23. The molecule has 3 nitrogen and oxygen atoms in total. The zero-order valence-corrected chi connectivity index (χ0v) is 8.03. The standard InChI is InChI=1S/C8H16N2OS/c9-10-8(11)6-12-5-7-3-1-2-4-7/h7H,1-6,9H2,(H,10,11). The predicted octanol–water partition coefficient (Wildman–Crippen LogP) is 0.900. The van der Waals surface area contributed by atoms with Crippen molar-refractivity contribution in [3.8, 4) is 0 Å². The third-order valence-electron chi connectivity index (χ3n) is 2.22. The summed E-state index contributed by atoms with van der Waals surface area (Å²) in [6.07, 6.45) is 5.43. The lowest BCUT2D eigenvalue weighted by molar-refractivity contribution is -0.118. The van der Waals surface area contributed by atoms with E-state index in [0.717, 1.165) is 11.7 Å². The van der Waals surface area contributed by atoms with E-state index in [-0.39, 0.29) is 5.91 Å². The largest absolute Gasteiger partial charge is 0.294 e. The highest BCUT2D eigenvalue weighted by atomic mass is 32.2. The molecule has 1 saturated carbocycles. The zero-order valence-electron chi connectivity index (χ0n) is 7.21. The van der Waals surface area contributed by atoms with Crippen LogP contribution in [0.4, 0.5) is 0 Å². The van der Waals surface area contributed by atoms with Crippen LogP contribution in [0, 0.1) is 5.92 Å². The highest BCUT2D eigenvalue weighted by Gasteiger charge is 2.14. The molecular weight excluding hydrogens is 172 g/mol. The van der Waals surface area contributed by atoms with Crippen LogP contribution in [0.15, 0.2) is 0 Å². The lowest BCUT2D eigenvalue weighted by atomic mass is 10.1. The molecule has 0 atom stereocenters. The maximum Gasteiger partial charge on any atom is 0.243 e. The summed E-state index contributed by atoms with van der Waals surface area (Å²) in [4.78, 5) is 10.7. The quantitative estimate of drug-likeness (QED) is 0.391. The Bertz CT molecular complexity index is 146. The molecule has 0 aromatic carbocycles. The number of carbonyl (C=O) groups excluding carboxylic acids is 1. The fourth-order valence-electron chi connectivity index (χ4n) is 1.54. The van der Waals surface area contributed by atoms with Gasteiger partial charge < -0.3 is 0 Å². The van der Waals surface area contributed by atoms with Crippen LogP contribution in [0.1, 0.15) is 25.7 Å². The lowest BCUT2D eigenvalue weighted by Crippen LogP contribution is -2.31. The van der Waals surface area contributed by atoms with Crippen LogP contribution in [-0.2, 0) is 4.79 Å². The molecule has 0 heterocycles. The van der Waals surface area contributed by atoms with Crippen LogP contribution in [-0.4, -0.2) is 17.4 Å².